The van der Waals surface area contributed by atoms with E-state index >= 15 is 0 Å². The van der Waals surface area contributed by atoms with Gasteiger partial charge in [-0.25, -0.2) is 4.79 Å². The molecular formula is C22H22N2O4. The minimum absolute atomic E-state index is 0.0203. The van der Waals surface area contributed by atoms with Gasteiger partial charge in [-0.2, -0.15) is 5.10 Å². The van der Waals surface area contributed by atoms with E-state index in [9.17, 15) is 9.90 Å². The first-order valence-corrected chi connectivity index (χ1v) is 9.13. The van der Waals surface area contributed by atoms with Crippen molar-refractivity contribution in [1.82, 2.24) is 5.43 Å². The highest BCUT2D eigenvalue weighted by Gasteiger charge is 2.26. The summed E-state index contributed by atoms with van der Waals surface area (Å²) in [4.78, 5) is 12.0. The van der Waals surface area contributed by atoms with Crippen LogP contribution < -0.4 is 15.8 Å². The maximum atomic E-state index is 12.0. The molecule has 6 nitrogen and oxygen atoms in total. The average Bonchev–Trinajstić information content (AvgIpc) is 3.15. The van der Waals surface area contributed by atoms with Crippen molar-refractivity contribution < 1.29 is 14.3 Å². The summed E-state index contributed by atoms with van der Waals surface area (Å²) < 4.78 is 10.6. The van der Waals surface area contributed by atoms with Gasteiger partial charge >= 0.3 is 5.63 Å². The van der Waals surface area contributed by atoms with Crippen LogP contribution in [0.15, 0.2) is 44.6 Å². The predicted octanol–water partition coefficient (Wildman–Crippen LogP) is 3.87. The lowest BCUT2D eigenvalue weighted by Gasteiger charge is -2.14. The Balaban J connectivity index is 1.74. The van der Waals surface area contributed by atoms with Crippen LogP contribution in [0, 0.1) is 20.8 Å². The number of fused-ring (bicyclic) bond motifs is 1. The van der Waals surface area contributed by atoms with Gasteiger partial charge in [-0.05, 0) is 55.7 Å². The molecule has 0 spiro atoms. The summed E-state index contributed by atoms with van der Waals surface area (Å²) in [6.45, 7) is 5.41. The van der Waals surface area contributed by atoms with Crippen LogP contribution in [-0.2, 0) is 0 Å². The Kier molecular flexibility index (Phi) is 4.34. The fourth-order valence-corrected chi connectivity index (χ4v) is 3.72. The molecule has 2 heterocycles. The molecule has 0 amide bonds. The number of methoxy groups -OCH3 is 1. The van der Waals surface area contributed by atoms with E-state index in [0.717, 1.165) is 28.2 Å². The monoisotopic (exact) mass is 378 g/mol. The first kappa shape index (κ1) is 18.1. The van der Waals surface area contributed by atoms with E-state index in [4.69, 9.17) is 9.15 Å². The fraction of sp³-hybridized carbons (Fsp3) is 0.273. The Hall–Kier alpha value is -3.28. The van der Waals surface area contributed by atoms with Crippen LogP contribution in [0.1, 0.15) is 40.3 Å². The molecule has 1 aliphatic heterocycles. The highest BCUT2D eigenvalue weighted by Crippen LogP contribution is 2.37. The number of nitrogens with zero attached hydrogens (tertiary/aromatic N) is 1. The highest BCUT2D eigenvalue weighted by atomic mass is 16.5. The van der Waals surface area contributed by atoms with Crippen LogP contribution in [0.3, 0.4) is 0 Å². The smallest absolute Gasteiger partial charge is 0.339 e. The summed E-state index contributed by atoms with van der Waals surface area (Å²) in [5.74, 6) is 0.911. The van der Waals surface area contributed by atoms with E-state index < -0.39 is 0 Å². The molecule has 0 radical (unpaired) electrons. The summed E-state index contributed by atoms with van der Waals surface area (Å²) in [5, 5.41) is 16.1. The van der Waals surface area contributed by atoms with Crippen molar-refractivity contribution in [2.75, 3.05) is 7.11 Å². The third kappa shape index (κ3) is 2.81. The van der Waals surface area contributed by atoms with Crippen molar-refractivity contribution in [1.29, 1.82) is 0 Å². The van der Waals surface area contributed by atoms with Gasteiger partial charge in [0.15, 0.2) is 0 Å². The topological polar surface area (TPSA) is 84.1 Å². The number of ether oxygens (including phenoxy) is 1. The maximum Gasteiger partial charge on any atom is 0.339 e. The van der Waals surface area contributed by atoms with Crippen LogP contribution >= 0.6 is 0 Å². The minimum Gasteiger partial charge on any atom is -0.506 e. The van der Waals surface area contributed by atoms with Gasteiger partial charge in [0.25, 0.3) is 0 Å². The second-order valence-electron chi connectivity index (χ2n) is 7.15. The Morgan fingerprint density at radius 2 is 1.89 bits per heavy atom. The summed E-state index contributed by atoms with van der Waals surface area (Å²) in [7, 11) is 1.64. The number of hydrogen-bond acceptors (Lipinski definition) is 6. The van der Waals surface area contributed by atoms with Gasteiger partial charge in [0, 0.05) is 17.5 Å². The van der Waals surface area contributed by atoms with Crippen molar-refractivity contribution >= 4 is 16.7 Å². The Morgan fingerprint density at radius 3 is 2.57 bits per heavy atom. The Bertz CT molecular complexity index is 1160. The lowest BCUT2D eigenvalue weighted by molar-refractivity contribution is 0.414. The van der Waals surface area contributed by atoms with E-state index in [2.05, 4.69) is 10.5 Å². The molecule has 1 atom stereocenters. The van der Waals surface area contributed by atoms with Gasteiger partial charge in [0.05, 0.1) is 24.2 Å². The van der Waals surface area contributed by atoms with Crippen LogP contribution in [0.4, 0.5) is 0 Å². The summed E-state index contributed by atoms with van der Waals surface area (Å²) >= 11 is 0. The SMILES string of the molecule is COc1ccc([C@H]2CC(c3c(C)cc4oc(=O)c(C)c(C)c4c3O)=NN2)cc1. The van der Waals surface area contributed by atoms with Gasteiger partial charge in [-0.1, -0.05) is 12.1 Å². The number of benzene rings is 2. The Morgan fingerprint density at radius 1 is 1.18 bits per heavy atom. The van der Waals surface area contributed by atoms with E-state index in [1.807, 2.05) is 38.1 Å². The van der Waals surface area contributed by atoms with Crippen LogP contribution in [-0.4, -0.2) is 17.9 Å². The zero-order chi connectivity index (χ0) is 20.0. The molecule has 6 heteroatoms. The molecule has 28 heavy (non-hydrogen) atoms. The number of aromatic hydroxyl groups is 1. The lowest BCUT2D eigenvalue weighted by atomic mass is 9.93. The minimum atomic E-state index is -0.379. The third-order valence-corrected chi connectivity index (χ3v) is 5.47. The molecule has 0 saturated carbocycles. The van der Waals surface area contributed by atoms with Gasteiger partial charge in [0.1, 0.15) is 17.1 Å². The second kappa shape index (κ2) is 6.71. The van der Waals surface area contributed by atoms with Crippen molar-refractivity contribution in [3.05, 3.63) is 68.6 Å². The average molecular weight is 378 g/mol. The first-order chi connectivity index (χ1) is 13.4. The standard InChI is InChI=1S/C22H22N2O4/c1-11-9-18-20(12(2)13(3)22(26)28-18)21(25)19(11)17-10-16(23-24-17)14-5-7-15(27-4)8-6-14/h5-9,16,23,25H,10H2,1-4H3/t16-/m1/s1. The number of aryl methyl sites for hydroxylation is 2. The maximum absolute atomic E-state index is 12.0. The number of rotatable bonds is 3. The molecule has 4 rings (SSSR count). The van der Waals surface area contributed by atoms with Crippen molar-refractivity contribution in [3.8, 4) is 11.5 Å². The van der Waals surface area contributed by atoms with E-state index in [-0.39, 0.29) is 17.4 Å². The van der Waals surface area contributed by atoms with E-state index in [0.29, 0.717) is 28.5 Å². The fourth-order valence-electron chi connectivity index (χ4n) is 3.72. The molecule has 0 saturated heterocycles. The third-order valence-electron chi connectivity index (χ3n) is 5.47. The van der Waals surface area contributed by atoms with Crippen molar-refractivity contribution in [3.63, 3.8) is 0 Å². The van der Waals surface area contributed by atoms with Crippen molar-refractivity contribution in [2.24, 2.45) is 5.10 Å². The highest BCUT2D eigenvalue weighted by molar-refractivity contribution is 6.09. The second-order valence-corrected chi connectivity index (χ2v) is 7.15. The van der Waals surface area contributed by atoms with Crippen LogP contribution in [0.25, 0.3) is 11.0 Å². The molecule has 3 aromatic rings. The number of phenolic OH excluding ortho intramolecular Hbond substituents is 1. The Labute approximate surface area is 162 Å². The molecule has 1 aliphatic rings. The van der Waals surface area contributed by atoms with Gasteiger partial charge in [-0.3, -0.25) is 0 Å². The van der Waals surface area contributed by atoms with Crippen LogP contribution in [0.5, 0.6) is 11.5 Å². The number of hydrogen-bond donors (Lipinski definition) is 2. The zero-order valence-corrected chi connectivity index (χ0v) is 16.3. The molecule has 2 aromatic carbocycles. The van der Waals surface area contributed by atoms with Crippen LogP contribution in [0.2, 0.25) is 0 Å². The molecule has 0 fully saturated rings. The molecule has 0 unspecified atom stereocenters. The van der Waals surface area contributed by atoms with Gasteiger partial charge in [0.2, 0.25) is 0 Å². The van der Waals surface area contributed by atoms with Gasteiger partial charge in [-0.15, -0.1) is 0 Å². The first-order valence-electron chi connectivity index (χ1n) is 9.13. The van der Waals surface area contributed by atoms with Gasteiger partial charge < -0.3 is 19.7 Å². The zero-order valence-electron chi connectivity index (χ0n) is 16.3. The molecule has 0 aliphatic carbocycles. The largest absolute Gasteiger partial charge is 0.506 e. The quantitative estimate of drug-likeness (QED) is 0.676. The number of nitrogens with one attached hydrogen (secondary N) is 1. The summed E-state index contributed by atoms with van der Waals surface area (Å²) in [5.41, 5.74) is 7.77. The lowest BCUT2D eigenvalue weighted by Crippen LogP contribution is -2.10. The number of hydrazone groups is 1. The predicted molar refractivity (Wildman–Crippen MR) is 108 cm³/mol. The van der Waals surface area contributed by atoms with E-state index in [1.54, 1.807) is 20.1 Å². The molecule has 1 aromatic heterocycles. The molecular weight excluding hydrogens is 356 g/mol. The summed E-state index contributed by atoms with van der Waals surface area (Å²) in [6.07, 6.45) is 0.640. The molecule has 2 N–H and O–H groups in total. The van der Waals surface area contributed by atoms with E-state index in [1.165, 1.54) is 0 Å². The van der Waals surface area contributed by atoms with Crippen molar-refractivity contribution in [2.45, 2.75) is 33.2 Å². The normalized spacial score (nSPS) is 16.1. The molecule has 0 bridgehead atoms. The molecule has 144 valence electrons. The number of phenols is 1. The summed E-state index contributed by atoms with van der Waals surface area (Å²) in [6, 6.07) is 9.66.